The predicted octanol–water partition coefficient (Wildman–Crippen LogP) is 4.24. The molecule has 2 aromatic heterocycles. The van der Waals surface area contributed by atoms with Crippen LogP contribution in [0.2, 0.25) is 0 Å². The van der Waals surface area contributed by atoms with Crippen molar-refractivity contribution in [3.63, 3.8) is 0 Å². The molecule has 0 saturated heterocycles. The van der Waals surface area contributed by atoms with Crippen LogP contribution in [0.15, 0.2) is 71.7 Å². The number of ether oxygens (including phenoxy) is 3. The Kier molecular flexibility index (Phi) is 6.63. The molecule has 0 bridgehead atoms. The smallest absolute Gasteiger partial charge is 0.323 e. The normalized spacial score (nSPS) is 10.6. The minimum absolute atomic E-state index is 0.0625. The number of methoxy groups -OCH3 is 2. The van der Waals surface area contributed by atoms with Gasteiger partial charge in [-0.25, -0.2) is 9.78 Å². The Morgan fingerprint density at radius 2 is 1.71 bits per heavy atom. The van der Waals surface area contributed by atoms with Crippen LogP contribution in [-0.4, -0.2) is 29.6 Å². The fourth-order valence-electron chi connectivity index (χ4n) is 3.34. The van der Waals surface area contributed by atoms with Crippen LogP contribution in [0.25, 0.3) is 5.65 Å². The van der Waals surface area contributed by atoms with Gasteiger partial charge in [0.2, 0.25) is 0 Å². The van der Waals surface area contributed by atoms with Crippen LogP contribution >= 0.6 is 0 Å². The summed E-state index contributed by atoms with van der Waals surface area (Å²) >= 11 is 0. The third kappa shape index (κ3) is 5.26. The first-order chi connectivity index (χ1) is 16.4. The highest BCUT2D eigenvalue weighted by atomic mass is 16.5. The molecule has 0 aliphatic heterocycles. The van der Waals surface area contributed by atoms with Crippen LogP contribution in [0, 0.1) is 6.92 Å². The second-order valence-corrected chi connectivity index (χ2v) is 7.49. The average Bonchev–Trinajstić information content (AvgIpc) is 2.83. The number of aromatic nitrogens is 2. The van der Waals surface area contributed by atoms with Crippen LogP contribution in [0.1, 0.15) is 11.3 Å². The quantitative estimate of drug-likeness (QED) is 0.428. The number of carbonyl (C=O) groups is 1. The molecule has 0 spiro atoms. The zero-order chi connectivity index (χ0) is 24.1. The SMILES string of the molecule is COc1cc(NC(=O)Nc2ccccc2OCc2cc(=O)n3cc(C)ccc3n2)cc(OC)c1. The standard InChI is InChI=1S/C25H24N4O5/c1-16-8-9-23-26-18(12-24(30)29(23)14-16)15-34-22-7-5-4-6-21(22)28-25(31)27-17-10-19(32-2)13-20(11-17)33-3/h4-14H,15H2,1-3H3,(H2,27,28,31). The lowest BCUT2D eigenvalue weighted by molar-refractivity contribution is 0.261. The molecule has 4 aromatic rings. The maximum absolute atomic E-state index is 12.6. The lowest BCUT2D eigenvalue weighted by Gasteiger charge is -2.14. The zero-order valence-electron chi connectivity index (χ0n) is 19.0. The van der Waals surface area contributed by atoms with Gasteiger partial charge in [0, 0.05) is 36.1 Å². The lowest BCUT2D eigenvalue weighted by atomic mass is 10.2. The number of hydrogen-bond acceptors (Lipinski definition) is 6. The summed E-state index contributed by atoms with van der Waals surface area (Å²) in [4.78, 5) is 29.5. The Labute approximate surface area is 195 Å². The van der Waals surface area contributed by atoms with Gasteiger partial charge in [-0.2, -0.15) is 0 Å². The van der Waals surface area contributed by atoms with Crippen molar-refractivity contribution >= 4 is 23.1 Å². The van der Waals surface area contributed by atoms with Crippen molar-refractivity contribution in [1.29, 1.82) is 0 Å². The molecular weight excluding hydrogens is 436 g/mol. The maximum Gasteiger partial charge on any atom is 0.323 e. The molecule has 4 rings (SSSR count). The van der Waals surface area contributed by atoms with Crippen molar-refractivity contribution in [2.24, 2.45) is 0 Å². The number of para-hydroxylation sites is 2. The Hall–Kier alpha value is -4.53. The summed E-state index contributed by atoms with van der Waals surface area (Å²) in [6.07, 6.45) is 1.74. The molecule has 2 amide bonds. The molecule has 0 aliphatic carbocycles. The molecule has 0 saturated carbocycles. The van der Waals surface area contributed by atoms with Crippen molar-refractivity contribution in [3.05, 3.63) is 88.5 Å². The summed E-state index contributed by atoms with van der Waals surface area (Å²) in [5, 5.41) is 5.53. The number of fused-ring (bicyclic) bond motifs is 1. The molecule has 0 unspecified atom stereocenters. The van der Waals surface area contributed by atoms with Gasteiger partial charge >= 0.3 is 6.03 Å². The molecule has 2 heterocycles. The molecule has 2 aromatic carbocycles. The third-order valence-electron chi connectivity index (χ3n) is 4.98. The van der Waals surface area contributed by atoms with Crippen LogP contribution in [0.3, 0.4) is 0 Å². The predicted molar refractivity (Wildman–Crippen MR) is 129 cm³/mol. The van der Waals surface area contributed by atoms with E-state index in [2.05, 4.69) is 15.6 Å². The van der Waals surface area contributed by atoms with Crippen LogP contribution < -0.4 is 30.4 Å². The van der Waals surface area contributed by atoms with E-state index < -0.39 is 6.03 Å². The summed E-state index contributed by atoms with van der Waals surface area (Å²) in [5.74, 6) is 1.53. The molecule has 9 nitrogen and oxygen atoms in total. The fraction of sp³-hybridized carbons (Fsp3) is 0.160. The number of benzene rings is 2. The maximum atomic E-state index is 12.6. The van der Waals surface area contributed by atoms with Crippen LogP contribution in [0.4, 0.5) is 16.2 Å². The molecular formula is C25H24N4O5. The fourth-order valence-corrected chi connectivity index (χ4v) is 3.34. The van der Waals surface area contributed by atoms with E-state index in [1.54, 1.807) is 54.7 Å². The molecule has 0 radical (unpaired) electrons. The highest BCUT2D eigenvalue weighted by Gasteiger charge is 2.11. The third-order valence-corrected chi connectivity index (χ3v) is 4.98. The molecule has 2 N–H and O–H groups in total. The number of carbonyl (C=O) groups excluding carboxylic acids is 1. The van der Waals surface area contributed by atoms with E-state index in [4.69, 9.17) is 14.2 Å². The van der Waals surface area contributed by atoms with E-state index >= 15 is 0 Å². The number of aryl methyl sites for hydroxylation is 1. The Morgan fingerprint density at radius 1 is 0.971 bits per heavy atom. The zero-order valence-corrected chi connectivity index (χ0v) is 19.0. The van der Waals surface area contributed by atoms with E-state index in [0.717, 1.165) is 5.56 Å². The van der Waals surface area contributed by atoms with E-state index in [-0.39, 0.29) is 12.2 Å². The Morgan fingerprint density at radius 3 is 2.44 bits per heavy atom. The van der Waals surface area contributed by atoms with Crippen LogP contribution in [-0.2, 0) is 6.61 Å². The number of rotatable bonds is 7. The molecule has 0 fully saturated rings. The van der Waals surface area contributed by atoms with Crippen LogP contribution in [0.5, 0.6) is 17.2 Å². The molecule has 34 heavy (non-hydrogen) atoms. The molecule has 0 atom stereocenters. The Balaban J connectivity index is 1.47. The first-order valence-electron chi connectivity index (χ1n) is 10.5. The van der Waals surface area contributed by atoms with E-state index in [1.807, 2.05) is 13.0 Å². The highest BCUT2D eigenvalue weighted by Crippen LogP contribution is 2.27. The Bertz CT molecular complexity index is 1380. The number of amides is 2. The summed E-state index contributed by atoms with van der Waals surface area (Å²) < 4.78 is 17.8. The number of pyridine rings is 1. The number of urea groups is 1. The van der Waals surface area contributed by atoms with Crippen molar-refractivity contribution in [1.82, 2.24) is 9.38 Å². The summed E-state index contributed by atoms with van der Waals surface area (Å²) in [5.41, 5.74) is 2.76. The van der Waals surface area contributed by atoms with Gasteiger partial charge in [0.25, 0.3) is 5.56 Å². The van der Waals surface area contributed by atoms with Gasteiger partial charge in [-0.15, -0.1) is 0 Å². The first-order valence-corrected chi connectivity index (χ1v) is 10.5. The molecule has 0 aliphatic rings. The number of nitrogens with zero attached hydrogens (tertiary/aromatic N) is 2. The summed E-state index contributed by atoms with van der Waals surface area (Å²) in [6, 6.07) is 16.7. The lowest BCUT2D eigenvalue weighted by Crippen LogP contribution is -2.20. The first kappa shape index (κ1) is 22.7. The molecule has 174 valence electrons. The minimum Gasteiger partial charge on any atom is -0.497 e. The van der Waals surface area contributed by atoms with Crippen molar-refractivity contribution in [2.75, 3.05) is 24.9 Å². The van der Waals surface area contributed by atoms with Gasteiger partial charge in [-0.3, -0.25) is 9.20 Å². The summed E-state index contributed by atoms with van der Waals surface area (Å²) in [6.45, 7) is 1.97. The van der Waals surface area contributed by atoms with E-state index in [1.165, 1.54) is 24.7 Å². The largest absolute Gasteiger partial charge is 0.497 e. The summed E-state index contributed by atoms with van der Waals surface area (Å²) in [7, 11) is 3.07. The number of hydrogen-bond donors (Lipinski definition) is 2. The van der Waals surface area contributed by atoms with Gasteiger partial charge in [0.05, 0.1) is 25.6 Å². The van der Waals surface area contributed by atoms with Gasteiger partial charge in [0.15, 0.2) is 0 Å². The van der Waals surface area contributed by atoms with Gasteiger partial charge < -0.3 is 24.8 Å². The minimum atomic E-state index is -0.469. The van der Waals surface area contributed by atoms with Gasteiger partial charge in [0.1, 0.15) is 29.5 Å². The highest BCUT2D eigenvalue weighted by molar-refractivity contribution is 6.00. The second-order valence-electron chi connectivity index (χ2n) is 7.49. The van der Waals surface area contributed by atoms with E-state index in [9.17, 15) is 9.59 Å². The molecule has 9 heteroatoms. The number of nitrogens with one attached hydrogen (secondary N) is 2. The van der Waals surface area contributed by atoms with Crippen molar-refractivity contribution in [2.45, 2.75) is 13.5 Å². The average molecular weight is 460 g/mol. The number of anilines is 2. The van der Waals surface area contributed by atoms with Gasteiger partial charge in [-0.05, 0) is 30.7 Å². The topological polar surface area (TPSA) is 103 Å². The van der Waals surface area contributed by atoms with Crippen molar-refractivity contribution in [3.8, 4) is 17.2 Å². The second kappa shape index (κ2) is 9.95. The van der Waals surface area contributed by atoms with E-state index in [0.29, 0.717) is 40.0 Å². The van der Waals surface area contributed by atoms with Crippen molar-refractivity contribution < 1.29 is 19.0 Å². The van der Waals surface area contributed by atoms with Gasteiger partial charge in [-0.1, -0.05) is 18.2 Å². The monoisotopic (exact) mass is 460 g/mol.